The lowest BCUT2D eigenvalue weighted by Gasteiger charge is -2.04. The van der Waals surface area contributed by atoms with Gasteiger partial charge in [-0.25, -0.2) is 0 Å². The van der Waals surface area contributed by atoms with Crippen LogP contribution in [0.2, 0.25) is 0 Å². The van der Waals surface area contributed by atoms with Crippen LogP contribution in [0.1, 0.15) is 16.7 Å². The largest absolute Gasteiger partial charge is 0.382 e. The minimum atomic E-state index is 0.295. The molecule has 0 radical (unpaired) electrons. The predicted octanol–water partition coefficient (Wildman–Crippen LogP) is 2.52. The van der Waals surface area contributed by atoms with Crippen LogP contribution >= 0.6 is 11.5 Å². The van der Waals surface area contributed by atoms with E-state index in [-0.39, 0.29) is 0 Å². The van der Waals surface area contributed by atoms with E-state index in [2.05, 4.69) is 40.9 Å². The molecule has 2 aromatic rings. The smallest absolute Gasteiger partial charge is 0.157 e. The Kier molecular flexibility index (Phi) is 3.26. The maximum absolute atomic E-state index is 8.92. The van der Waals surface area contributed by atoms with Gasteiger partial charge in [-0.1, -0.05) is 29.8 Å². The van der Waals surface area contributed by atoms with Crippen molar-refractivity contribution in [3.8, 4) is 6.07 Å². The minimum Gasteiger partial charge on any atom is -0.382 e. The predicted molar refractivity (Wildman–Crippen MR) is 69.7 cm³/mol. The van der Waals surface area contributed by atoms with Crippen molar-refractivity contribution in [2.24, 2.45) is 0 Å². The van der Waals surface area contributed by atoms with E-state index in [0.717, 1.165) is 10.6 Å². The molecule has 0 fully saturated rings. The fourth-order valence-corrected chi connectivity index (χ4v) is 2.08. The molecule has 0 unspecified atom stereocenters. The van der Waals surface area contributed by atoms with Crippen LogP contribution in [0, 0.1) is 18.3 Å². The Bertz CT molecular complexity index is 551. The van der Waals surface area contributed by atoms with Crippen LogP contribution in [0.25, 0.3) is 0 Å². The van der Waals surface area contributed by atoms with Crippen LogP contribution in [0.3, 0.4) is 0 Å². The fourth-order valence-electron chi connectivity index (χ4n) is 1.42. The van der Waals surface area contributed by atoms with Gasteiger partial charge in [-0.3, -0.25) is 0 Å². The zero-order valence-corrected chi connectivity index (χ0v) is 10.2. The molecule has 1 heterocycles. The van der Waals surface area contributed by atoms with Gasteiger partial charge in [-0.05, 0) is 24.0 Å². The minimum absolute atomic E-state index is 0.295. The third-order valence-electron chi connectivity index (χ3n) is 2.40. The molecule has 0 bridgehead atoms. The van der Waals surface area contributed by atoms with Gasteiger partial charge < -0.3 is 11.1 Å². The lowest BCUT2D eigenvalue weighted by Crippen LogP contribution is -1.99. The number of anilines is 2. The number of hydrogen-bond donors (Lipinski definition) is 2. The quantitative estimate of drug-likeness (QED) is 0.870. The maximum atomic E-state index is 8.92. The average Bonchev–Trinajstić information content (AvgIpc) is 2.69. The van der Waals surface area contributed by atoms with Gasteiger partial charge in [0.25, 0.3) is 0 Å². The Hall–Kier alpha value is -2.06. The van der Waals surface area contributed by atoms with Crippen molar-refractivity contribution in [1.29, 1.82) is 5.26 Å². The topological polar surface area (TPSA) is 74.7 Å². The lowest BCUT2D eigenvalue weighted by atomic mass is 10.1. The molecule has 4 nitrogen and oxygen atoms in total. The summed E-state index contributed by atoms with van der Waals surface area (Å²) in [5, 5.41) is 12.8. The van der Waals surface area contributed by atoms with E-state index in [1.54, 1.807) is 0 Å². The van der Waals surface area contributed by atoms with E-state index in [1.807, 2.05) is 6.07 Å². The molecule has 0 saturated carbocycles. The summed E-state index contributed by atoms with van der Waals surface area (Å²) >= 11 is 1.21. The summed E-state index contributed by atoms with van der Waals surface area (Å²) in [6.45, 7) is 2.71. The number of nitrogens with two attached hydrogens (primary N) is 1. The van der Waals surface area contributed by atoms with E-state index >= 15 is 0 Å². The summed E-state index contributed by atoms with van der Waals surface area (Å²) in [7, 11) is 0. The summed E-state index contributed by atoms with van der Waals surface area (Å²) in [5.41, 5.74) is 8.40. The first-order chi connectivity index (χ1) is 8.20. The Morgan fingerprint density at radius 1 is 1.41 bits per heavy atom. The van der Waals surface area contributed by atoms with Crippen molar-refractivity contribution >= 4 is 22.4 Å². The monoisotopic (exact) mass is 244 g/mol. The molecule has 5 heteroatoms. The van der Waals surface area contributed by atoms with Gasteiger partial charge >= 0.3 is 0 Å². The number of hydrogen-bond acceptors (Lipinski definition) is 5. The van der Waals surface area contributed by atoms with Crippen molar-refractivity contribution in [2.75, 3.05) is 11.1 Å². The standard InChI is InChI=1S/C12H12N4S/c1-8-2-4-9(5-3-8)7-15-12-10(6-13)11(14)16-17-12/h2-5,15H,7H2,1H3,(H2,14,16). The van der Waals surface area contributed by atoms with Gasteiger partial charge in [0, 0.05) is 6.54 Å². The second kappa shape index (κ2) is 4.85. The number of aryl methyl sites for hydroxylation is 1. The number of benzene rings is 1. The third kappa shape index (κ3) is 2.55. The highest BCUT2D eigenvalue weighted by atomic mass is 32.1. The Labute approximate surface area is 104 Å². The van der Waals surface area contributed by atoms with E-state index in [1.165, 1.54) is 17.1 Å². The molecular formula is C12H12N4S. The average molecular weight is 244 g/mol. The Morgan fingerprint density at radius 2 is 2.12 bits per heavy atom. The molecule has 0 amide bonds. The highest BCUT2D eigenvalue weighted by molar-refractivity contribution is 7.10. The summed E-state index contributed by atoms with van der Waals surface area (Å²) < 4.78 is 3.95. The number of rotatable bonds is 3. The number of nitrogens with zero attached hydrogens (tertiary/aromatic N) is 2. The highest BCUT2D eigenvalue weighted by Gasteiger charge is 2.09. The van der Waals surface area contributed by atoms with E-state index < -0.39 is 0 Å². The lowest BCUT2D eigenvalue weighted by molar-refractivity contribution is 1.15. The molecule has 0 aliphatic carbocycles. The number of aromatic nitrogens is 1. The van der Waals surface area contributed by atoms with Crippen LogP contribution in [0.15, 0.2) is 24.3 Å². The van der Waals surface area contributed by atoms with Crippen LogP contribution in [-0.2, 0) is 6.54 Å². The van der Waals surface area contributed by atoms with Gasteiger partial charge in [0.1, 0.15) is 16.6 Å². The molecule has 1 aromatic heterocycles. The van der Waals surface area contributed by atoms with E-state index in [4.69, 9.17) is 11.0 Å². The van der Waals surface area contributed by atoms with Crippen molar-refractivity contribution in [1.82, 2.24) is 4.37 Å². The summed E-state index contributed by atoms with van der Waals surface area (Å²) in [6, 6.07) is 10.3. The third-order valence-corrected chi connectivity index (χ3v) is 3.22. The highest BCUT2D eigenvalue weighted by Crippen LogP contribution is 2.25. The maximum Gasteiger partial charge on any atom is 0.157 e. The van der Waals surface area contributed by atoms with Gasteiger partial charge in [0.2, 0.25) is 0 Å². The second-order valence-corrected chi connectivity index (χ2v) is 4.50. The van der Waals surface area contributed by atoms with Crippen molar-refractivity contribution in [3.63, 3.8) is 0 Å². The first-order valence-electron chi connectivity index (χ1n) is 5.15. The molecule has 17 heavy (non-hydrogen) atoms. The molecule has 0 atom stereocenters. The molecule has 0 aliphatic heterocycles. The first kappa shape index (κ1) is 11.4. The molecule has 3 N–H and O–H groups in total. The zero-order chi connectivity index (χ0) is 12.3. The normalized spacial score (nSPS) is 9.88. The van der Waals surface area contributed by atoms with Crippen molar-refractivity contribution in [2.45, 2.75) is 13.5 Å². The molecule has 1 aromatic carbocycles. The second-order valence-electron chi connectivity index (χ2n) is 3.72. The molecular weight excluding hydrogens is 232 g/mol. The SMILES string of the molecule is Cc1ccc(CNc2snc(N)c2C#N)cc1. The van der Waals surface area contributed by atoms with Gasteiger partial charge in [0.05, 0.1) is 0 Å². The van der Waals surface area contributed by atoms with Gasteiger partial charge in [0.15, 0.2) is 5.82 Å². The Morgan fingerprint density at radius 3 is 2.76 bits per heavy atom. The van der Waals surface area contributed by atoms with Gasteiger partial charge in [-0.15, -0.1) is 0 Å². The molecule has 86 valence electrons. The molecule has 0 spiro atoms. The summed E-state index contributed by atoms with van der Waals surface area (Å²) in [6.07, 6.45) is 0. The fraction of sp³-hybridized carbons (Fsp3) is 0.167. The summed E-state index contributed by atoms with van der Waals surface area (Å²) in [4.78, 5) is 0. The van der Waals surface area contributed by atoms with Crippen molar-refractivity contribution < 1.29 is 0 Å². The number of nitrogen functional groups attached to an aromatic ring is 1. The Balaban J connectivity index is 2.08. The first-order valence-corrected chi connectivity index (χ1v) is 5.92. The van der Waals surface area contributed by atoms with Crippen LogP contribution < -0.4 is 11.1 Å². The number of nitrogens with one attached hydrogen (secondary N) is 1. The zero-order valence-electron chi connectivity index (χ0n) is 9.40. The number of nitriles is 1. The van der Waals surface area contributed by atoms with Crippen LogP contribution in [0.5, 0.6) is 0 Å². The van der Waals surface area contributed by atoms with E-state index in [9.17, 15) is 0 Å². The molecule has 2 rings (SSSR count). The van der Waals surface area contributed by atoms with Crippen LogP contribution in [-0.4, -0.2) is 4.37 Å². The van der Waals surface area contributed by atoms with Gasteiger partial charge in [-0.2, -0.15) is 9.64 Å². The van der Waals surface area contributed by atoms with E-state index in [0.29, 0.717) is 17.9 Å². The van der Waals surface area contributed by atoms with Crippen molar-refractivity contribution in [3.05, 3.63) is 41.0 Å². The van der Waals surface area contributed by atoms with Crippen LogP contribution in [0.4, 0.5) is 10.8 Å². The molecule has 0 aliphatic rings. The molecule has 0 saturated heterocycles. The summed E-state index contributed by atoms with van der Waals surface area (Å²) in [5.74, 6) is 0.295.